The van der Waals surface area contributed by atoms with E-state index in [1.165, 1.54) is 23.6 Å². The van der Waals surface area contributed by atoms with E-state index in [9.17, 15) is 24.6 Å². The van der Waals surface area contributed by atoms with E-state index in [-0.39, 0.29) is 63.0 Å². The first-order chi connectivity index (χ1) is 12.4. The smallest absolute Gasteiger partial charge is 0.543 e. The van der Waals surface area contributed by atoms with Crippen LogP contribution in [-0.2, 0) is 9.59 Å². The number of benzene rings is 1. The number of aliphatic hydroxyl groups excluding tert-OH is 1. The predicted molar refractivity (Wildman–Crippen MR) is 94.4 cm³/mol. The number of nitrogens with one attached hydrogen (secondary N) is 1. The zero-order valence-electron chi connectivity index (χ0n) is 15.4. The summed E-state index contributed by atoms with van der Waals surface area (Å²) in [6.07, 6.45) is -0.0267. The van der Waals surface area contributed by atoms with E-state index >= 15 is 0 Å². The zero-order valence-corrected chi connectivity index (χ0v) is 19.3. The molecule has 0 aromatic heterocycles. The number of amides is 2. The molecule has 2 aliphatic heterocycles. The first kappa shape index (κ1) is 22.6. The van der Waals surface area contributed by atoms with Crippen molar-refractivity contribution in [2.45, 2.75) is 31.7 Å². The number of rotatable bonds is 6. The Labute approximate surface area is 204 Å². The van der Waals surface area contributed by atoms with E-state index in [0.717, 1.165) is 6.42 Å². The minimum absolute atomic E-state index is 0. The zero-order chi connectivity index (χ0) is 19.0. The molecule has 3 rings (SSSR count). The van der Waals surface area contributed by atoms with Gasteiger partial charge in [-0.15, -0.1) is 0 Å². The first-order valence-corrected chi connectivity index (χ1v) is 9.26. The van der Waals surface area contributed by atoms with Gasteiger partial charge in [0.2, 0.25) is 5.91 Å². The van der Waals surface area contributed by atoms with Crippen molar-refractivity contribution >= 4 is 34.5 Å². The Kier molecular flexibility index (Phi) is 7.71. The maximum atomic E-state index is 12.2. The van der Waals surface area contributed by atoms with Gasteiger partial charge in [-0.3, -0.25) is 14.5 Å². The molecule has 1 saturated heterocycles. The number of fused-ring (bicyclic) bond motifs is 1. The second-order valence-electron chi connectivity index (χ2n) is 6.28. The summed E-state index contributed by atoms with van der Waals surface area (Å²) < 4.78 is 0. The van der Waals surface area contributed by atoms with Gasteiger partial charge in [0.05, 0.1) is 23.7 Å². The fourth-order valence-electron chi connectivity index (χ4n) is 3.09. The molecular formula is C18H19KN2O5S. The SMILES string of the molecule is CCCNC(=O)c1ccc(C2=C(C(=O)[O-])N3C(=O)[C@H]([C@@H](C)O)[C@H]3S2)cc1.[K+]. The van der Waals surface area contributed by atoms with Crippen LogP contribution in [0.1, 0.15) is 36.2 Å². The van der Waals surface area contributed by atoms with Gasteiger partial charge in [-0.25, -0.2) is 0 Å². The van der Waals surface area contributed by atoms with Gasteiger partial charge in [-0.2, -0.15) is 0 Å². The van der Waals surface area contributed by atoms with Gasteiger partial charge in [-0.05, 0) is 31.0 Å². The summed E-state index contributed by atoms with van der Waals surface area (Å²) >= 11 is 1.22. The normalized spacial score (nSPS) is 21.9. The quantitative estimate of drug-likeness (QED) is 0.383. The van der Waals surface area contributed by atoms with Crippen LogP contribution in [0.25, 0.3) is 4.91 Å². The second kappa shape index (κ2) is 9.21. The standard InChI is InChI=1S/C18H20N2O5S.K/c1-3-8-19-15(22)11-6-4-10(5-7-11)14-13(18(24)25)20-16(23)12(9(2)21)17(20)26-14;/h4-7,9,12,17,21H,3,8H2,1-2H3,(H,19,22)(H,24,25);/q;+1/p-1/t9-,12+,17-;/m1./s1. The van der Waals surface area contributed by atoms with Crippen molar-refractivity contribution < 1.29 is 76.0 Å². The molecule has 0 spiro atoms. The minimum Gasteiger partial charge on any atom is -0.543 e. The Hall–Kier alpha value is -0.684. The fraction of sp³-hybridized carbons (Fsp3) is 0.389. The number of aliphatic hydroxyl groups is 1. The van der Waals surface area contributed by atoms with Gasteiger partial charge in [0, 0.05) is 17.0 Å². The molecule has 2 N–H and O–H groups in total. The van der Waals surface area contributed by atoms with Crippen molar-refractivity contribution in [2.75, 3.05) is 6.54 Å². The van der Waals surface area contributed by atoms with Crippen LogP contribution >= 0.6 is 11.8 Å². The molecule has 0 bridgehead atoms. The molecule has 1 aromatic carbocycles. The maximum absolute atomic E-state index is 12.2. The molecule has 27 heavy (non-hydrogen) atoms. The number of β-lactam (4-membered cyclic amide) rings is 1. The Morgan fingerprint density at radius 1 is 1.33 bits per heavy atom. The van der Waals surface area contributed by atoms with Crippen LogP contribution < -0.4 is 61.8 Å². The fourth-order valence-corrected chi connectivity index (χ4v) is 4.70. The summed E-state index contributed by atoms with van der Waals surface area (Å²) in [5.41, 5.74) is 0.889. The van der Waals surface area contributed by atoms with Crippen molar-refractivity contribution in [1.82, 2.24) is 10.2 Å². The van der Waals surface area contributed by atoms with Gasteiger partial charge < -0.3 is 20.3 Å². The van der Waals surface area contributed by atoms with Crippen LogP contribution in [0.3, 0.4) is 0 Å². The van der Waals surface area contributed by atoms with Crippen molar-refractivity contribution in [1.29, 1.82) is 0 Å². The molecule has 0 aliphatic carbocycles. The van der Waals surface area contributed by atoms with Crippen LogP contribution in [0.5, 0.6) is 0 Å². The monoisotopic (exact) mass is 414 g/mol. The number of carbonyl (C=O) groups excluding carboxylic acids is 3. The topological polar surface area (TPSA) is 110 Å². The molecule has 1 aromatic rings. The third kappa shape index (κ3) is 4.19. The summed E-state index contributed by atoms with van der Waals surface area (Å²) in [5, 5.41) is 23.7. The van der Waals surface area contributed by atoms with Gasteiger partial charge >= 0.3 is 51.4 Å². The Balaban J connectivity index is 0.00000261. The molecule has 7 nitrogen and oxygen atoms in total. The Morgan fingerprint density at radius 2 is 1.96 bits per heavy atom. The largest absolute Gasteiger partial charge is 1.00 e. The molecular weight excluding hydrogens is 395 g/mol. The third-order valence-electron chi connectivity index (χ3n) is 4.44. The van der Waals surface area contributed by atoms with Gasteiger partial charge in [0.15, 0.2) is 0 Å². The molecule has 138 valence electrons. The van der Waals surface area contributed by atoms with E-state index in [0.29, 0.717) is 22.6 Å². The minimum atomic E-state index is -1.43. The van der Waals surface area contributed by atoms with E-state index in [4.69, 9.17) is 0 Å². The van der Waals surface area contributed by atoms with Crippen LogP contribution in [0.15, 0.2) is 30.0 Å². The van der Waals surface area contributed by atoms with E-state index < -0.39 is 29.3 Å². The molecule has 2 aliphatic rings. The summed E-state index contributed by atoms with van der Waals surface area (Å²) in [4.78, 5) is 37.3. The first-order valence-electron chi connectivity index (χ1n) is 8.38. The number of nitrogens with zero attached hydrogens (tertiary/aromatic N) is 1. The molecule has 0 unspecified atom stereocenters. The van der Waals surface area contributed by atoms with Crippen molar-refractivity contribution in [2.24, 2.45) is 5.92 Å². The molecule has 2 amide bonds. The summed E-state index contributed by atoms with van der Waals surface area (Å²) in [7, 11) is 0. The van der Waals surface area contributed by atoms with Crippen molar-refractivity contribution in [3.05, 3.63) is 41.1 Å². The van der Waals surface area contributed by atoms with Crippen LogP contribution in [0, 0.1) is 5.92 Å². The summed E-state index contributed by atoms with van der Waals surface area (Å²) in [6.45, 7) is 4.05. The second-order valence-corrected chi connectivity index (χ2v) is 7.41. The molecule has 1 fully saturated rings. The average molecular weight is 415 g/mol. The van der Waals surface area contributed by atoms with Crippen LogP contribution in [0.4, 0.5) is 0 Å². The predicted octanol–water partition coefficient (Wildman–Crippen LogP) is -2.84. The molecule has 0 saturated carbocycles. The number of carboxylic acid groups (broad SMARTS) is 1. The van der Waals surface area contributed by atoms with Gasteiger partial charge in [0.1, 0.15) is 5.37 Å². The Morgan fingerprint density at radius 3 is 2.48 bits per heavy atom. The number of thioether (sulfide) groups is 1. The number of aliphatic carboxylic acids is 1. The summed E-state index contributed by atoms with van der Waals surface area (Å²) in [5.74, 6) is -2.68. The molecule has 0 radical (unpaired) electrons. The number of hydrogen-bond donors (Lipinski definition) is 2. The van der Waals surface area contributed by atoms with E-state index in [1.807, 2.05) is 6.92 Å². The van der Waals surface area contributed by atoms with Gasteiger partial charge in [-0.1, -0.05) is 30.8 Å². The molecule has 3 atom stereocenters. The van der Waals surface area contributed by atoms with Crippen LogP contribution in [0.2, 0.25) is 0 Å². The summed E-state index contributed by atoms with van der Waals surface area (Å²) in [6, 6.07) is 6.54. The number of carboxylic acids is 1. The third-order valence-corrected chi connectivity index (χ3v) is 5.85. The van der Waals surface area contributed by atoms with E-state index in [1.54, 1.807) is 24.3 Å². The maximum Gasteiger partial charge on any atom is 1.00 e. The van der Waals surface area contributed by atoms with Crippen LogP contribution in [-0.4, -0.2) is 45.8 Å². The molecule has 9 heteroatoms. The molecule has 2 heterocycles. The Bertz CT molecular complexity index is 793. The number of carbonyl (C=O) groups is 3. The van der Waals surface area contributed by atoms with Crippen molar-refractivity contribution in [3.8, 4) is 0 Å². The average Bonchev–Trinajstić information content (AvgIpc) is 2.94. The van der Waals surface area contributed by atoms with Gasteiger partial charge in [0.25, 0.3) is 5.91 Å². The van der Waals surface area contributed by atoms with Crippen molar-refractivity contribution in [3.63, 3.8) is 0 Å². The number of hydrogen-bond acceptors (Lipinski definition) is 6. The van der Waals surface area contributed by atoms with E-state index in [2.05, 4.69) is 5.32 Å².